The van der Waals surface area contributed by atoms with Gasteiger partial charge < -0.3 is 10.2 Å². The number of nitrogens with zero attached hydrogens (tertiary/aromatic N) is 2. The summed E-state index contributed by atoms with van der Waals surface area (Å²) in [4.78, 5) is 4.65. The molecule has 0 amide bonds. The fourth-order valence-corrected chi connectivity index (χ4v) is 4.24. The summed E-state index contributed by atoms with van der Waals surface area (Å²) in [5.74, 6) is -0.255. The van der Waals surface area contributed by atoms with Crippen LogP contribution in [0.3, 0.4) is 0 Å². The molecule has 1 saturated heterocycles. The van der Waals surface area contributed by atoms with Crippen molar-refractivity contribution in [1.82, 2.24) is 9.80 Å². The molecule has 1 aliphatic heterocycles. The van der Waals surface area contributed by atoms with Crippen molar-refractivity contribution < 1.29 is 4.39 Å². The van der Waals surface area contributed by atoms with Crippen LogP contribution >= 0.6 is 23.8 Å². The molecule has 0 saturated carbocycles. The quantitative estimate of drug-likeness (QED) is 0.534. The fraction of sp³-hybridized carbons (Fsp3) is 0.208. The van der Waals surface area contributed by atoms with Crippen LogP contribution in [-0.4, -0.2) is 41.1 Å². The van der Waals surface area contributed by atoms with E-state index in [2.05, 4.69) is 51.5 Å². The molecule has 3 nitrogen and oxygen atoms in total. The molecule has 0 bridgehead atoms. The summed E-state index contributed by atoms with van der Waals surface area (Å²) >= 11 is 11.7. The monoisotopic (exact) mass is 439 g/mol. The minimum atomic E-state index is -0.255. The second-order valence-corrected chi connectivity index (χ2v) is 8.15. The number of rotatable bonds is 4. The zero-order chi connectivity index (χ0) is 20.9. The van der Waals surface area contributed by atoms with E-state index in [4.69, 9.17) is 23.8 Å². The van der Waals surface area contributed by atoms with E-state index in [1.807, 2.05) is 18.2 Å². The van der Waals surface area contributed by atoms with Crippen LogP contribution in [0.15, 0.2) is 78.9 Å². The largest absolute Gasteiger partial charge is 0.346 e. The summed E-state index contributed by atoms with van der Waals surface area (Å²) in [6.07, 6.45) is 0. The molecule has 30 heavy (non-hydrogen) atoms. The van der Waals surface area contributed by atoms with Crippen LogP contribution < -0.4 is 5.32 Å². The maximum absolute atomic E-state index is 13.1. The molecule has 0 radical (unpaired) electrons. The topological polar surface area (TPSA) is 18.5 Å². The maximum Gasteiger partial charge on any atom is 0.173 e. The Hall–Kier alpha value is -2.47. The number of hydrogen-bond acceptors (Lipinski definition) is 2. The molecule has 3 aromatic rings. The third-order valence-electron chi connectivity index (χ3n) is 5.36. The molecular weight excluding hydrogens is 417 g/mol. The lowest BCUT2D eigenvalue weighted by molar-refractivity contribution is 0.151. The van der Waals surface area contributed by atoms with Crippen molar-refractivity contribution in [2.45, 2.75) is 6.04 Å². The summed E-state index contributed by atoms with van der Waals surface area (Å²) in [5, 5.41) is 4.62. The Labute approximate surface area is 187 Å². The summed E-state index contributed by atoms with van der Waals surface area (Å²) in [7, 11) is 0. The van der Waals surface area contributed by atoms with E-state index in [9.17, 15) is 4.39 Å². The first-order valence-electron chi connectivity index (χ1n) is 9.96. The summed E-state index contributed by atoms with van der Waals surface area (Å²) in [6, 6.07) is 25.1. The van der Waals surface area contributed by atoms with Crippen LogP contribution in [0.2, 0.25) is 5.02 Å². The molecule has 1 heterocycles. The Morgan fingerprint density at radius 3 is 2.07 bits per heavy atom. The van der Waals surface area contributed by atoms with E-state index in [1.54, 1.807) is 12.1 Å². The number of nitrogens with one attached hydrogen (secondary N) is 1. The lowest BCUT2D eigenvalue weighted by Crippen LogP contribution is -2.50. The molecule has 3 aromatic carbocycles. The molecule has 4 rings (SSSR count). The van der Waals surface area contributed by atoms with E-state index < -0.39 is 0 Å². The van der Waals surface area contributed by atoms with Gasteiger partial charge in [0.1, 0.15) is 5.82 Å². The Morgan fingerprint density at radius 1 is 0.833 bits per heavy atom. The average Bonchev–Trinajstić information content (AvgIpc) is 2.78. The molecule has 6 heteroatoms. The van der Waals surface area contributed by atoms with Crippen LogP contribution in [0.25, 0.3) is 0 Å². The average molecular weight is 440 g/mol. The zero-order valence-electron chi connectivity index (χ0n) is 16.5. The van der Waals surface area contributed by atoms with Crippen molar-refractivity contribution >= 4 is 34.6 Å². The van der Waals surface area contributed by atoms with Gasteiger partial charge in [0.05, 0.1) is 6.04 Å². The summed E-state index contributed by atoms with van der Waals surface area (Å²) < 4.78 is 13.1. The van der Waals surface area contributed by atoms with Crippen molar-refractivity contribution in [3.63, 3.8) is 0 Å². The zero-order valence-corrected chi connectivity index (χ0v) is 18.0. The highest BCUT2D eigenvalue weighted by Crippen LogP contribution is 2.30. The van der Waals surface area contributed by atoms with Crippen LogP contribution in [0.1, 0.15) is 17.2 Å². The van der Waals surface area contributed by atoms with Crippen molar-refractivity contribution in [2.75, 3.05) is 31.5 Å². The lowest BCUT2D eigenvalue weighted by atomic mass is 9.96. The number of halogens is 2. The van der Waals surface area contributed by atoms with Gasteiger partial charge in [-0.15, -0.1) is 0 Å². The highest BCUT2D eigenvalue weighted by atomic mass is 35.5. The number of anilines is 1. The smallest absolute Gasteiger partial charge is 0.173 e. The van der Waals surface area contributed by atoms with Crippen LogP contribution in [0.4, 0.5) is 10.1 Å². The van der Waals surface area contributed by atoms with Crippen molar-refractivity contribution in [1.29, 1.82) is 0 Å². The van der Waals surface area contributed by atoms with Crippen molar-refractivity contribution in [2.24, 2.45) is 0 Å². The number of hydrogen-bond donors (Lipinski definition) is 1. The third-order valence-corrected chi connectivity index (χ3v) is 5.98. The van der Waals surface area contributed by atoms with Gasteiger partial charge in [0.15, 0.2) is 5.11 Å². The number of piperazine rings is 1. The minimum absolute atomic E-state index is 0.171. The lowest BCUT2D eigenvalue weighted by Gasteiger charge is -2.40. The second-order valence-electron chi connectivity index (χ2n) is 7.32. The van der Waals surface area contributed by atoms with Crippen LogP contribution in [0.5, 0.6) is 0 Å². The highest BCUT2D eigenvalue weighted by molar-refractivity contribution is 7.80. The summed E-state index contributed by atoms with van der Waals surface area (Å²) in [5.41, 5.74) is 3.29. The van der Waals surface area contributed by atoms with Gasteiger partial charge in [-0.25, -0.2) is 4.39 Å². The first kappa shape index (κ1) is 20.8. The number of benzene rings is 3. The van der Waals surface area contributed by atoms with E-state index in [-0.39, 0.29) is 11.9 Å². The third kappa shape index (κ3) is 4.98. The molecule has 0 aromatic heterocycles. The van der Waals surface area contributed by atoms with Gasteiger partial charge >= 0.3 is 0 Å². The maximum atomic E-state index is 13.1. The molecular formula is C24H23ClFN3S. The molecule has 1 unspecified atom stereocenters. The second kappa shape index (κ2) is 9.56. The van der Waals surface area contributed by atoms with Gasteiger partial charge in [-0.05, 0) is 59.7 Å². The molecule has 1 aliphatic rings. The fourth-order valence-electron chi connectivity index (χ4n) is 3.81. The molecule has 0 spiro atoms. The molecule has 154 valence electrons. The minimum Gasteiger partial charge on any atom is -0.346 e. The standard InChI is InChI=1S/C24H23ClFN3S/c25-20-8-6-19(7-9-20)23(18-4-2-1-3-5-18)28-14-16-29(17-15-28)24(30)27-22-12-10-21(26)11-13-22/h1-13,23H,14-17H2,(H,27,30). The van der Waals surface area contributed by atoms with Crippen LogP contribution in [0, 0.1) is 5.82 Å². The van der Waals surface area contributed by atoms with Gasteiger partial charge in [0.2, 0.25) is 0 Å². The Morgan fingerprint density at radius 2 is 1.43 bits per heavy atom. The van der Waals surface area contributed by atoms with E-state index in [0.29, 0.717) is 5.11 Å². The number of thiocarbonyl (C=S) groups is 1. The predicted octanol–water partition coefficient (Wildman–Crippen LogP) is 5.58. The van der Waals surface area contributed by atoms with Crippen molar-refractivity contribution in [3.8, 4) is 0 Å². The van der Waals surface area contributed by atoms with Gasteiger partial charge in [-0.3, -0.25) is 4.90 Å². The van der Waals surface area contributed by atoms with Gasteiger partial charge in [0, 0.05) is 36.9 Å². The van der Waals surface area contributed by atoms with Crippen LogP contribution in [-0.2, 0) is 0 Å². The first-order chi connectivity index (χ1) is 14.6. The van der Waals surface area contributed by atoms with Gasteiger partial charge in [0.25, 0.3) is 0 Å². The van der Waals surface area contributed by atoms with E-state index in [1.165, 1.54) is 23.3 Å². The normalized spacial score (nSPS) is 15.6. The van der Waals surface area contributed by atoms with E-state index >= 15 is 0 Å². The summed E-state index contributed by atoms with van der Waals surface area (Å²) in [6.45, 7) is 3.41. The Bertz CT molecular complexity index is 972. The van der Waals surface area contributed by atoms with Gasteiger partial charge in [-0.1, -0.05) is 54.1 Å². The molecule has 1 N–H and O–H groups in total. The highest BCUT2D eigenvalue weighted by Gasteiger charge is 2.27. The van der Waals surface area contributed by atoms with Crippen molar-refractivity contribution in [3.05, 3.63) is 101 Å². The predicted molar refractivity (Wildman–Crippen MR) is 126 cm³/mol. The molecule has 0 aliphatic carbocycles. The Kier molecular flexibility index (Phi) is 6.62. The SMILES string of the molecule is Fc1ccc(NC(=S)N2CCN(C(c3ccccc3)c3ccc(Cl)cc3)CC2)cc1. The van der Waals surface area contributed by atoms with E-state index in [0.717, 1.165) is 36.9 Å². The first-order valence-corrected chi connectivity index (χ1v) is 10.7. The molecule has 1 atom stereocenters. The Balaban J connectivity index is 1.45. The molecule has 1 fully saturated rings. The van der Waals surface area contributed by atoms with Gasteiger partial charge in [-0.2, -0.15) is 0 Å².